The average molecular weight is 614 g/mol. The van der Waals surface area contributed by atoms with Crippen LogP contribution in [0.15, 0.2) is 71.6 Å². The molecule has 2 amide bonds. The molecular weight excluding hydrogens is 577 g/mol. The number of rotatable bonds is 10. The van der Waals surface area contributed by atoms with E-state index in [2.05, 4.69) is 5.32 Å². The molecular formula is C32H37ClFN3O4S. The van der Waals surface area contributed by atoms with E-state index < -0.39 is 34.3 Å². The van der Waals surface area contributed by atoms with Gasteiger partial charge >= 0.3 is 0 Å². The van der Waals surface area contributed by atoms with Gasteiger partial charge in [-0.1, -0.05) is 66.8 Å². The minimum absolute atomic E-state index is 0.00862. The van der Waals surface area contributed by atoms with Crippen molar-refractivity contribution in [2.45, 2.75) is 76.4 Å². The van der Waals surface area contributed by atoms with Crippen LogP contribution in [0.3, 0.4) is 0 Å². The molecule has 1 N–H and O–H groups in total. The third-order valence-corrected chi connectivity index (χ3v) is 9.96. The summed E-state index contributed by atoms with van der Waals surface area (Å²) in [6.07, 6.45) is 4.94. The summed E-state index contributed by atoms with van der Waals surface area (Å²) in [5.74, 6) is -1.32. The predicted octanol–water partition coefficient (Wildman–Crippen LogP) is 6.16. The fraction of sp³-hybridized carbons (Fsp3) is 0.375. The molecule has 1 aliphatic rings. The Morgan fingerprint density at radius 1 is 0.976 bits per heavy atom. The van der Waals surface area contributed by atoms with Gasteiger partial charge < -0.3 is 10.2 Å². The van der Waals surface area contributed by atoms with Crippen molar-refractivity contribution in [1.29, 1.82) is 0 Å². The van der Waals surface area contributed by atoms with Gasteiger partial charge in [-0.15, -0.1) is 0 Å². The lowest BCUT2D eigenvalue weighted by atomic mass is 9.95. The Balaban J connectivity index is 1.70. The van der Waals surface area contributed by atoms with Crippen molar-refractivity contribution in [2.24, 2.45) is 0 Å². The van der Waals surface area contributed by atoms with Crippen LogP contribution in [-0.2, 0) is 26.2 Å². The first-order chi connectivity index (χ1) is 20.0. The number of aryl methyl sites for hydroxylation is 1. The van der Waals surface area contributed by atoms with Gasteiger partial charge in [-0.3, -0.25) is 13.9 Å². The second-order valence-electron chi connectivity index (χ2n) is 10.9. The zero-order valence-corrected chi connectivity index (χ0v) is 25.7. The highest BCUT2D eigenvalue weighted by Gasteiger charge is 2.34. The molecule has 1 atom stereocenters. The van der Waals surface area contributed by atoms with Gasteiger partial charge in [0.05, 0.1) is 10.6 Å². The number of carbonyl (C=O) groups is 2. The molecule has 1 saturated carbocycles. The first-order valence-corrected chi connectivity index (χ1v) is 16.0. The molecule has 0 aliphatic heterocycles. The van der Waals surface area contributed by atoms with Crippen molar-refractivity contribution in [1.82, 2.24) is 10.2 Å². The Bertz CT molecular complexity index is 1510. The third-order valence-electron chi connectivity index (χ3n) is 7.78. The number of benzene rings is 3. The highest BCUT2D eigenvalue weighted by Crippen LogP contribution is 2.31. The second-order valence-corrected chi connectivity index (χ2v) is 13.1. The number of nitrogens with zero attached hydrogens (tertiary/aromatic N) is 2. The molecule has 4 rings (SSSR count). The number of hydrogen-bond acceptors (Lipinski definition) is 4. The molecule has 0 radical (unpaired) electrons. The van der Waals surface area contributed by atoms with Crippen molar-refractivity contribution in [3.8, 4) is 0 Å². The molecule has 3 aromatic rings. The lowest BCUT2D eigenvalue weighted by molar-refractivity contribution is -0.139. The third kappa shape index (κ3) is 7.50. The van der Waals surface area contributed by atoms with E-state index in [0.29, 0.717) is 16.1 Å². The molecule has 0 aromatic heterocycles. The molecule has 10 heteroatoms. The standard InChI is InChI=1S/C32H37ClFN3O4S/c1-22-12-18-28(19-13-22)42(40,41)37(30-11-7-10-29(33)23(30)2)21-31(38)36(20-25-14-16-26(34)17-15-25)24(3)32(39)35-27-8-5-4-6-9-27/h7,10-19,24,27H,4-6,8-9,20-21H2,1-3H3,(H,35,39)/t24-/m1/s1. The summed E-state index contributed by atoms with van der Waals surface area (Å²) in [6, 6.07) is 16.0. The number of hydrogen-bond donors (Lipinski definition) is 1. The summed E-state index contributed by atoms with van der Waals surface area (Å²) in [7, 11) is -4.21. The van der Waals surface area contributed by atoms with Crippen molar-refractivity contribution in [3.63, 3.8) is 0 Å². The van der Waals surface area contributed by atoms with E-state index in [-0.39, 0.29) is 29.1 Å². The van der Waals surface area contributed by atoms with Gasteiger partial charge in [0.25, 0.3) is 10.0 Å². The van der Waals surface area contributed by atoms with Crippen molar-refractivity contribution in [3.05, 3.63) is 94.3 Å². The van der Waals surface area contributed by atoms with E-state index in [1.54, 1.807) is 56.3 Å². The molecule has 224 valence electrons. The highest BCUT2D eigenvalue weighted by molar-refractivity contribution is 7.92. The van der Waals surface area contributed by atoms with Crippen LogP contribution in [0.5, 0.6) is 0 Å². The summed E-state index contributed by atoms with van der Waals surface area (Å²) in [5, 5.41) is 3.42. The van der Waals surface area contributed by atoms with Crippen molar-refractivity contribution < 1.29 is 22.4 Å². The minimum Gasteiger partial charge on any atom is -0.352 e. The lowest BCUT2D eigenvalue weighted by Crippen LogP contribution is -2.53. The largest absolute Gasteiger partial charge is 0.352 e. The predicted molar refractivity (Wildman–Crippen MR) is 163 cm³/mol. The topological polar surface area (TPSA) is 86.8 Å². The van der Waals surface area contributed by atoms with Crippen molar-refractivity contribution in [2.75, 3.05) is 10.8 Å². The molecule has 0 spiro atoms. The van der Waals surface area contributed by atoms with Crippen molar-refractivity contribution >= 4 is 39.1 Å². The highest BCUT2D eigenvalue weighted by atomic mass is 35.5. The van der Waals surface area contributed by atoms with Crippen LogP contribution in [0.2, 0.25) is 5.02 Å². The van der Waals surface area contributed by atoms with Gasteiger partial charge in [-0.25, -0.2) is 12.8 Å². The van der Waals surface area contributed by atoms with E-state index in [4.69, 9.17) is 11.6 Å². The van der Waals surface area contributed by atoms with Gasteiger partial charge in [0.15, 0.2) is 0 Å². The number of halogens is 2. The molecule has 7 nitrogen and oxygen atoms in total. The Hall–Kier alpha value is -3.43. The maximum absolute atomic E-state index is 14.1. The van der Waals surface area contributed by atoms with Gasteiger partial charge in [-0.2, -0.15) is 0 Å². The van der Waals surface area contributed by atoms with Crippen LogP contribution in [-0.4, -0.2) is 43.8 Å². The Morgan fingerprint density at radius 3 is 2.26 bits per heavy atom. The molecule has 0 bridgehead atoms. The van der Waals surface area contributed by atoms with Crippen LogP contribution in [0.1, 0.15) is 55.7 Å². The molecule has 1 fully saturated rings. The Kier molecular flexibility index (Phi) is 10.3. The number of anilines is 1. The number of nitrogens with one attached hydrogen (secondary N) is 1. The summed E-state index contributed by atoms with van der Waals surface area (Å²) in [4.78, 5) is 28.9. The zero-order chi connectivity index (χ0) is 30.4. The second kappa shape index (κ2) is 13.7. The average Bonchev–Trinajstić information content (AvgIpc) is 2.97. The van der Waals surface area contributed by atoms with Gasteiger partial charge in [-0.05, 0) is 81.1 Å². The van der Waals surface area contributed by atoms with E-state index in [9.17, 15) is 22.4 Å². The lowest BCUT2D eigenvalue weighted by Gasteiger charge is -2.33. The van der Waals surface area contributed by atoms with Crippen LogP contribution < -0.4 is 9.62 Å². The first kappa shape index (κ1) is 31.5. The van der Waals surface area contributed by atoms with E-state index in [0.717, 1.165) is 42.0 Å². The summed E-state index contributed by atoms with van der Waals surface area (Å²) >= 11 is 6.38. The van der Waals surface area contributed by atoms with E-state index in [1.165, 1.54) is 29.2 Å². The monoisotopic (exact) mass is 613 g/mol. The zero-order valence-electron chi connectivity index (χ0n) is 24.1. The van der Waals surface area contributed by atoms with Crippen LogP contribution >= 0.6 is 11.6 Å². The summed E-state index contributed by atoms with van der Waals surface area (Å²) in [6.45, 7) is 4.59. The summed E-state index contributed by atoms with van der Waals surface area (Å²) in [5.41, 5.74) is 2.25. The van der Waals surface area contributed by atoms with Crippen LogP contribution in [0.25, 0.3) is 0 Å². The van der Waals surface area contributed by atoms with E-state index in [1.807, 2.05) is 6.92 Å². The molecule has 0 saturated heterocycles. The fourth-order valence-electron chi connectivity index (χ4n) is 5.15. The van der Waals surface area contributed by atoms with Gasteiger partial charge in [0, 0.05) is 17.6 Å². The number of sulfonamides is 1. The maximum Gasteiger partial charge on any atom is 0.264 e. The SMILES string of the molecule is Cc1ccc(S(=O)(=O)N(CC(=O)N(Cc2ccc(F)cc2)[C@H](C)C(=O)NC2CCCCC2)c2cccc(Cl)c2C)cc1. The Morgan fingerprint density at radius 2 is 1.62 bits per heavy atom. The fourth-order valence-corrected chi connectivity index (χ4v) is 6.80. The molecule has 0 unspecified atom stereocenters. The smallest absolute Gasteiger partial charge is 0.264 e. The van der Waals surface area contributed by atoms with Crippen LogP contribution in [0, 0.1) is 19.7 Å². The molecule has 3 aromatic carbocycles. The maximum atomic E-state index is 14.1. The normalized spacial score (nSPS) is 14.7. The quantitative estimate of drug-likeness (QED) is 0.297. The molecule has 0 heterocycles. The number of amides is 2. The molecule has 1 aliphatic carbocycles. The summed E-state index contributed by atoms with van der Waals surface area (Å²) < 4.78 is 42.7. The van der Waals surface area contributed by atoms with Gasteiger partial charge in [0.1, 0.15) is 18.4 Å². The van der Waals surface area contributed by atoms with Gasteiger partial charge in [0.2, 0.25) is 11.8 Å². The Labute approximate surface area is 252 Å². The first-order valence-electron chi connectivity index (χ1n) is 14.2. The number of carbonyl (C=O) groups excluding carboxylic acids is 2. The molecule has 42 heavy (non-hydrogen) atoms. The van der Waals surface area contributed by atoms with Crippen LogP contribution in [0.4, 0.5) is 10.1 Å². The minimum atomic E-state index is -4.21. The van der Waals surface area contributed by atoms with E-state index >= 15 is 0 Å².